The Labute approximate surface area is 172 Å². The largest absolute Gasteiger partial charge is 0.497 e. The molecular weight excluding hydrogens is 412 g/mol. The first-order valence-corrected chi connectivity index (χ1v) is 11.3. The fourth-order valence-corrected chi connectivity index (χ4v) is 5.91. The van der Waals surface area contributed by atoms with Crippen molar-refractivity contribution in [3.05, 3.63) is 48.0 Å². The zero-order valence-electron chi connectivity index (χ0n) is 15.7. The van der Waals surface area contributed by atoms with E-state index in [1.807, 2.05) is 24.3 Å². The first-order chi connectivity index (χ1) is 14.0. The van der Waals surface area contributed by atoms with E-state index in [0.717, 1.165) is 17.3 Å². The molecule has 8 nitrogen and oxygen atoms in total. The van der Waals surface area contributed by atoms with Crippen LogP contribution in [0.25, 0.3) is 11.0 Å². The highest BCUT2D eigenvalue weighted by molar-refractivity contribution is 7.89. The topological polar surface area (TPSA) is 101 Å². The van der Waals surface area contributed by atoms with Gasteiger partial charge in [0.25, 0.3) is 0 Å². The number of nitrogens with zero attached hydrogens (tertiary/aromatic N) is 3. The minimum absolute atomic E-state index is 0.0937. The fourth-order valence-electron chi connectivity index (χ4n) is 3.50. The average molecular weight is 433 g/mol. The number of amides is 1. The number of carbonyl (C=O) groups excluding carboxylic acids is 1. The van der Waals surface area contributed by atoms with Crippen molar-refractivity contribution in [2.24, 2.45) is 0 Å². The predicted molar refractivity (Wildman–Crippen MR) is 109 cm³/mol. The van der Waals surface area contributed by atoms with E-state index in [2.05, 4.69) is 14.1 Å². The summed E-state index contributed by atoms with van der Waals surface area (Å²) in [6.45, 7) is 0.597. The molecule has 2 heterocycles. The molecule has 0 spiro atoms. The summed E-state index contributed by atoms with van der Waals surface area (Å²) in [5.41, 5.74) is 1.76. The third-order valence-corrected chi connectivity index (χ3v) is 7.43. The fraction of sp³-hybridized carbons (Fsp3) is 0.316. The lowest BCUT2D eigenvalue weighted by molar-refractivity contribution is -0.124. The Hall–Kier alpha value is -2.56. The van der Waals surface area contributed by atoms with Crippen molar-refractivity contribution in [1.29, 1.82) is 0 Å². The lowest BCUT2D eigenvalue weighted by atomic mass is 10.2. The Bertz CT molecular complexity index is 1150. The van der Waals surface area contributed by atoms with Crippen molar-refractivity contribution in [3.63, 3.8) is 0 Å². The zero-order valence-corrected chi connectivity index (χ0v) is 17.4. The molecule has 3 aromatic rings. The molecule has 0 bridgehead atoms. The van der Waals surface area contributed by atoms with Crippen molar-refractivity contribution in [1.82, 2.24) is 18.4 Å². The predicted octanol–water partition coefficient (Wildman–Crippen LogP) is 2.17. The summed E-state index contributed by atoms with van der Waals surface area (Å²) < 4.78 is 41.3. The summed E-state index contributed by atoms with van der Waals surface area (Å²) in [5.74, 6) is 0.393. The Morgan fingerprint density at radius 3 is 2.93 bits per heavy atom. The van der Waals surface area contributed by atoms with Gasteiger partial charge in [0.15, 0.2) is 0 Å². The third-order valence-electron chi connectivity index (χ3n) is 4.94. The van der Waals surface area contributed by atoms with Crippen molar-refractivity contribution in [2.75, 3.05) is 13.7 Å². The molecule has 0 aliphatic carbocycles. The summed E-state index contributed by atoms with van der Waals surface area (Å²) in [6.07, 6.45) is 1.11. The number of rotatable bonds is 6. The van der Waals surface area contributed by atoms with E-state index in [4.69, 9.17) is 4.74 Å². The zero-order chi connectivity index (χ0) is 20.4. The highest BCUT2D eigenvalue weighted by atomic mass is 32.2. The highest BCUT2D eigenvalue weighted by Gasteiger charge is 2.40. The number of hydrogen-bond acceptors (Lipinski definition) is 7. The number of fused-ring (bicyclic) bond motifs is 1. The minimum Gasteiger partial charge on any atom is -0.497 e. The average Bonchev–Trinajstić information content (AvgIpc) is 3.41. The van der Waals surface area contributed by atoms with Gasteiger partial charge in [0.2, 0.25) is 15.9 Å². The molecule has 1 saturated heterocycles. The number of ether oxygens (including phenoxy) is 1. The number of hydrogen-bond donors (Lipinski definition) is 1. The number of methoxy groups -OCH3 is 1. The van der Waals surface area contributed by atoms with Crippen LogP contribution in [-0.4, -0.2) is 47.1 Å². The maximum absolute atomic E-state index is 13.3. The van der Waals surface area contributed by atoms with Crippen LogP contribution in [0.3, 0.4) is 0 Å². The summed E-state index contributed by atoms with van der Waals surface area (Å²) in [4.78, 5) is 12.9. The molecule has 29 heavy (non-hydrogen) atoms. The van der Waals surface area contributed by atoms with Crippen molar-refractivity contribution in [2.45, 2.75) is 30.3 Å². The van der Waals surface area contributed by atoms with E-state index in [1.165, 1.54) is 10.4 Å². The molecule has 10 heteroatoms. The summed E-state index contributed by atoms with van der Waals surface area (Å²) in [7, 11) is -2.29. The van der Waals surface area contributed by atoms with Gasteiger partial charge in [0, 0.05) is 13.1 Å². The quantitative estimate of drug-likeness (QED) is 0.641. The van der Waals surface area contributed by atoms with Crippen LogP contribution in [-0.2, 0) is 21.4 Å². The molecule has 152 valence electrons. The first kappa shape index (κ1) is 19.7. The lowest BCUT2D eigenvalue weighted by Crippen LogP contribution is -2.45. The van der Waals surface area contributed by atoms with E-state index in [9.17, 15) is 13.2 Å². The van der Waals surface area contributed by atoms with E-state index in [-0.39, 0.29) is 10.8 Å². The number of carbonyl (C=O) groups is 1. The number of nitrogens with one attached hydrogen (secondary N) is 1. The normalized spacial score (nSPS) is 17.5. The molecule has 1 atom stereocenters. The van der Waals surface area contributed by atoms with Gasteiger partial charge in [-0.05, 0) is 42.7 Å². The van der Waals surface area contributed by atoms with Crippen molar-refractivity contribution < 1.29 is 17.9 Å². The molecule has 1 unspecified atom stereocenters. The van der Waals surface area contributed by atoms with E-state index < -0.39 is 16.1 Å². The van der Waals surface area contributed by atoms with E-state index in [1.54, 1.807) is 19.2 Å². The summed E-state index contributed by atoms with van der Waals surface area (Å²) in [6, 6.07) is 11.5. The van der Waals surface area contributed by atoms with Gasteiger partial charge < -0.3 is 10.1 Å². The second-order valence-corrected chi connectivity index (χ2v) is 9.12. The van der Waals surface area contributed by atoms with E-state index >= 15 is 0 Å². The molecule has 1 fully saturated rings. The van der Waals surface area contributed by atoms with Gasteiger partial charge in [-0.25, -0.2) is 8.42 Å². The maximum Gasteiger partial charge on any atom is 0.246 e. The molecular formula is C19H20N4O4S2. The van der Waals surface area contributed by atoms with Gasteiger partial charge in [-0.15, -0.1) is 0 Å². The van der Waals surface area contributed by atoms with Crippen LogP contribution in [0.4, 0.5) is 0 Å². The van der Waals surface area contributed by atoms with Crippen molar-refractivity contribution in [3.8, 4) is 5.75 Å². The Kier molecular flexibility index (Phi) is 5.48. The van der Waals surface area contributed by atoms with Crippen LogP contribution in [0, 0.1) is 0 Å². The lowest BCUT2D eigenvalue weighted by Gasteiger charge is -2.23. The van der Waals surface area contributed by atoms with Crippen LogP contribution in [0.2, 0.25) is 0 Å². The van der Waals surface area contributed by atoms with Crippen LogP contribution < -0.4 is 10.1 Å². The minimum atomic E-state index is -3.87. The molecule has 1 amide bonds. The number of benzene rings is 2. The van der Waals surface area contributed by atoms with Gasteiger partial charge in [0.1, 0.15) is 27.7 Å². The van der Waals surface area contributed by atoms with Crippen LogP contribution >= 0.6 is 11.7 Å². The standard InChI is InChI=1S/C19H20N4O4S2/c1-27-14-6-2-5-13(11-14)12-20-19(24)16-8-4-10-23(16)29(25,26)17-9-3-7-15-18(17)22-28-21-15/h2-3,5-7,9,11,16H,4,8,10,12H2,1H3,(H,20,24). The first-order valence-electron chi connectivity index (χ1n) is 9.14. The molecule has 1 aliphatic rings. The van der Waals surface area contributed by atoms with E-state index in [0.29, 0.717) is 42.7 Å². The van der Waals surface area contributed by atoms with Crippen LogP contribution in [0.1, 0.15) is 18.4 Å². The van der Waals surface area contributed by atoms with Gasteiger partial charge in [-0.1, -0.05) is 18.2 Å². The molecule has 2 aromatic carbocycles. The monoisotopic (exact) mass is 432 g/mol. The second kappa shape index (κ2) is 8.05. The van der Waals surface area contributed by atoms with Gasteiger partial charge in [-0.2, -0.15) is 13.1 Å². The molecule has 0 saturated carbocycles. The van der Waals surface area contributed by atoms with Gasteiger partial charge >= 0.3 is 0 Å². The molecule has 0 radical (unpaired) electrons. The molecule has 1 N–H and O–H groups in total. The Morgan fingerprint density at radius 2 is 2.10 bits per heavy atom. The highest BCUT2D eigenvalue weighted by Crippen LogP contribution is 2.30. The number of sulfonamides is 1. The second-order valence-electron chi connectivity index (χ2n) is 6.73. The van der Waals surface area contributed by atoms with Crippen molar-refractivity contribution >= 4 is 38.7 Å². The van der Waals surface area contributed by atoms with Gasteiger partial charge in [-0.3, -0.25) is 4.79 Å². The molecule has 4 rings (SSSR count). The smallest absolute Gasteiger partial charge is 0.246 e. The van der Waals surface area contributed by atoms with Crippen LogP contribution in [0.5, 0.6) is 5.75 Å². The summed E-state index contributed by atoms with van der Waals surface area (Å²) >= 11 is 0.969. The summed E-state index contributed by atoms with van der Waals surface area (Å²) in [5, 5.41) is 2.85. The van der Waals surface area contributed by atoms with Crippen LogP contribution in [0.15, 0.2) is 47.4 Å². The Morgan fingerprint density at radius 1 is 1.28 bits per heavy atom. The maximum atomic E-state index is 13.3. The molecule has 1 aromatic heterocycles. The number of aromatic nitrogens is 2. The third kappa shape index (κ3) is 3.83. The Balaban J connectivity index is 1.53. The SMILES string of the molecule is COc1cccc(CNC(=O)C2CCCN2S(=O)(=O)c2cccc3nsnc23)c1. The van der Waals surface area contributed by atoms with Gasteiger partial charge in [0.05, 0.1) is 18.8 Å². The molecule has 1 aliphatic heterocycles.